The molecule has 1 aliphatic carbocycles. The van der Waals surface area contributed by atoms with E-state index in [1.165, 1.54) is 44.1 Å². The third-order valence-corrected chi connectivity index (χ3v) is 8.82. The van der Waals surface area contributed by atoms with Gasteiger partial charge in [-0.3, -0.25) is 14.4 Å². The van der Waals surface area contributed by atoms with Gasteiger partial charge in [0.05, 0.1) is 39.3 Å². The molecule has 1 aliphatic rings. The second-order valence-electron chi connectivity index (χ2n) is 10.9. The molecule has 190 valence electrons. The molecule has 0 unspecified atom stereocenters. The molecule has 5 heteroatoms. The molecule has 5 heterocycles. The molecule has 5 nitrogen and oxygen atoms in total. The zero-order valence-corrected chi connectivity index (χ0v) is 21.9. The maximum absolute atomic E-state index is 5.12. The van der Waals surface area contributed by atoms with Crippen LogP contribution in [0.5, 0.6) is 0 Å². The molecule has 9 aromatic rings. The van der Waals surface area contributed by atoms with Gasteiger partial charge in [0, 0.05) is 39.6 Å². The minimum Gasteiger partial charge on any atom is -0.309 e. The lowest BCUT2D eigenvalue weighted by Crippen LogP contribution is -1.95. The van der Waals surface area contributed by atoms with Gasteiger partial charge in [0.25, 0.3) is 0 Å². The summed E-state index contributed by atoms with van der Waals surface area (Å²) in [6.45, 7) is 0. The van der Waals surface area contributed by atoms with Gasteiger partial charge < -0.3 is 4.57 Å². The largest absolute Gasteiger partial charge is 0.309 e. The minimum absolute atomic E-state index is 0.930. The number of hydrogen-bond donors (Lipinski definition) is 0. The van der Waals surface area contributed by atoms with E-state index in [0.717, 1.165) is 50.6 Å². The summed E-state index contributed by atoms with van der Waals surface area (Å²) in [4.78, 5) is 14.5. The van der Waals surface area contributed by atoms with Crippen molar-refractivity contribution in [3.63, 3.8) is 0 Å². The summed E-state index contributed by atoms with van der Waals surface area (Å²) < 4.78 is 4.62. The average Bonchev–Trinajstić information content (AvgIpc) is 3.69. The summed E-state index contributed by atoms with van der Waals surface area (Å²) in [6.07, 6.45) is 6.55. The van der Waals surface area contributed by atoms with Crippen LogP contribution in [0.4, 0.5) is 0 Å². The molecule has 0 spiro atoms. The molecular formula is C36H21N5. The van der Waals surface area contributed by atoms with E-state index in [2.05, 4.69) is 98.9 Å². The quantitative estimate of drug-likeness (QED) is 0.204. The van der Waals surface area contributed by atoms with E-state index < -0.39 is 0 Å². The molecule has 0 fully saturated rings. The Morgan fingerprint density at radius 3 is 2.46 bits per heavy atom. The van der Waals surface area contributed by atoms with Gasteiger partial charge in [-0.1, -0.05) is 42.5 Å². The van der Waals surface area contributed by atoms with Gasteiger partial charge in [0.1, 0.15) is 5.65 Å². The molecule has 0 N–H and O–H groups in total. The summed E-state index contributed by atoms with van der Waals surface area (Å²) in [5, 5.41) is 4.70. The van der Waals surface area contributed by atoms with Gasteiger partial charge in [-0.05, 0) is 83.3 Å². The minimum atomic E-state index is 0.930. The second-order valence-corrected chi connectivity index (χ2v) is 10.9. The Labute approximate surface area is 234 Å². The number of hydrogen-bond acceptors (Lipinski definition) is 3. The number of nitrogens with zero attached hydrogens (tertiary/aromatic N) is 5. The Hall–Kier alpha value is -5.55. The summed E-state index contributed by atoms with van der Waals surface area (Å²) in [6, 6.07) is 34.9. The number of para-hydroxylation sites is 1. The Balaban J connectivity index is 1.47. The maximum atomic E-state index is 5.12. The van der Waals surface area contributed by atoms with Crippen LogP contribution >= 0.6 is 0 Å². The van der Waals surface area contributed by atoms with E-state index >= 15 is 0 Å². The Kier molecular flexibility index (Phi) is 3.92. The molecule has 0 radical (unpaired) electrons. The molecule has 0 saturated heterocycles. The molecule has 0 bridgehead atoms. The summed E-state index contributed by atoms with van der Waals surface area (Å²) in [5.41, 5.74) is 13.8. The standard InChI is InChI=1S/C36H21N5/c1-2-8-23(9-3-1)40-29-13-12-25-34(33(29)27-18-22-17-21-7-4-5-10-24(21)26(22)19-31(27)40)35-30(11-6-15-38-35)41-32-20-37-16-14-28(32)39-36(25)41/h1-16,18-20H,17H2. The SMILES string of the molecule is c1ccc(-n2c3cc4c(cc3c3c5c(ccc32)c2nc3ccncc3n2c2cccnc52)Cc2ccccc2-4)cc1. The molecule has 0 amide bonds. The molecule has 10 rings (SSSR count). The lowest BCUT2D eigenvalue weighted by molar-refractivity contribution is 1.18. The first-order valence-electron chi connectivity index (χ1n) is 13.9. The fourth-order valence-corrected chi connectivity index (χ4v) is 7.14. The van der Waals surface area contributed by atoms with Crippen LogP contribution in [0.1, 0.15) is 11.1 Å². The molecule has 4 aromatic carbocycles. The summed E-state index contributed by atoms with van der Waals surface area (Å²) in [7, 11) is 0. The van der Waals surface area contributed by atoms with Crippen molar-refractivity contribution in [3.8, 4) is 16.8 Å². The van der Waals surface area contributed by atoms with Crippen molar-refractivity contribution >= 4 is 60.3 Å². The highest BCUT2D eigenvalue weighted by atomic mass is 15.0. The number of aromatic nitrogens is 5. The van der Waals surface area contributed by atoms with Crippen LogP contribution in [0.2, 0.25) is 0 Å². The Bertz CT molecular complexity index is 2550. The normalized spacial score (nSPS) is 12.8. The van der Waals surface area contributed by atoms with Gasteiger partial charge in [0.15, 0.2) is 0 Å². The molecule has 41 heavy (non-hydrogen) atoms. The van der Waals surface area contributed by atoms with Crippen LogP contribution in [0.25, 0.3) is 77.1 Å². The number of rotatable bonds is 1. The van der Waals surface area contributed by atoms with E-state index in [9.17, 15) is 0 Å². The molecule has 0 aliphatic heterocycles. The zero-order chi connectivity index (χ0) is 26.7. The van der Waals surface area contributed by atoms with Crippen LogP contribution in [0, 0.1) is 0 Å². The predicted octanol–water partition coefficient (Wildman–Crippen LogP) is 8.25. The van der Waals surface area contributed by atoms with Gasteiger partial charge in [0.2, 0.25) is 0 Å². The fraction of sp³-hybridized carbons (Fsp3) is 0.0278. The van der Waals surface area contributed by atoms with Gasteiger partial charge in [-0.25, -0.2) is 4.98 Å². The Morgan fingerprint density at radius 2 is 1.51 bits per heavy atom. The van der Waals surface area contributed by atoms with E-state index in [1.54, 1.807) is 0 Å². The number of fused-ring (bicyclic) bond motifs is 15. The van der Waals surface area contributed by atoms with Crippen LogP contribution in [-0.2, 0) is 6.42 Å². The predicted molar refractivity (Wildman–Crippen MR) is 166 cm³/mol. The van der Waals surface area contributed by atoms with Crippen LogP contribution in [-0.4, -0.2) is 23.9 Å². The third kappa shape index (κ3) is 2.68. The van der Waals surface area contributed by atoms with Crippen molar-refractivity contribution in [1.29, 1.82) is 0 Å². The van der Waals surface area contributed by atoms with E-state index in [4.69, 9.17) is 9.97 Å². The lowest BCUT2D eigenvalue weighted by Gasteiger charge is -2.11. The Morgan fingerprint density at radius 1 is 0.610 bits per heavy atom. The maximum Gasteiger partial charge on any atom is 0.146 e. The second kappa shape index (κ2) is 7.55. The highest BCUT2D eigenvalue weighted by Gasteiger charge is 2.25. The van der Waals surface area contributed by atoms with Gasteiger partial charge >= 0.3 is 0 Å². The highest BCUT2D eigenvalue weighted by molar-refractivity contribution is 6.30. The van der Waals surface area contributed by atoms with Crippen molar-refractivity contribution in [2.75, 3.05) is 0 Å². The first-order valence-corrected chi connectivity index (χ1v) is 13.9. The van der Waals surface area contributed by atoms with Crippen molar-refractivity contribution < 1.29 is 0 Å². The highest BCUT2D eigenvalue weighted by Crippen LogP contribution is 2.45. The van der Waals surface area contributed by atoms with Gasteiger partial charge in [-0.15, -0.1) is 0 Å². The first-order chi connectivity index (χ1) is 20.3. The summed E-state index contributed by atoms with van der Waals surface area (Å²) in [5.74, 6) is 0. The van der Waals surface area contributed by atoms with Crippen molar-refractivity contribution in [3.05, 3.63) is 127 Å². The topological polar surface area (TPSA) is 48.0 Å². The van der Waals surface area contributed by atoms with Crippen LogP contribution < -0.4 is 0 Å². The van der Waals surface area contributed by atoms with Crippen molar-refractivity contribution in [2.24, 2.45) is 0 Å². The third-order valence-electron chi connectivity index (χ3n) is 8.82. The molecule has 0 saturated carbocycles. The van der Waals surface area contributed by atoms with Gasteiger partial charge in [-0.2, -0.15) is 0 Å². The van der Waals surface area contributed by atoms with Crippen molar-refractivity contribution in [2.45, 2.75) is 6.42 Å². The average molecular weight is 524 g/mol. The molecular weight excluding hydrogens is 502 g/mol. The fourth-order valence-electron chi connectivity index (χ4n) is 7.14. The van der Waals surface area contributed by atoms with Crippen LogP contribution in [0.3, 0.4) is 0 Å². The molecule has 5 aromatic heterocycles. The van der Waals surface area contributed by atoms with E-state index in [0.29, 0.717) is 0 Å². The monoisotopic (exact) mass is 523 g/mol. The van der Waals surface area contributed by atoms with E-state index in [-0.39, 0.29) is 0 Å². The van der Waals surface area contributed by atoms with Crippen molar-refractivity contribution in [1.82, 2.24) is 23.9 Å². The number of benzene rings is 4. The number of pyridine rings is 3. The summed E-state index contributed by atoms with van der Waals surface area (Å²) >= 11 is 0. The first kappa shape index (κ1) is 21.3. The number of imidazole rings is 1. The van der Waals surface area contributed by atoms with E-state index in [1.807, 2.05) is 30.7 Å². The molecule has 0 atom stereocenters. The smallest absolute Gasteiger partial charge is 0.146 e. The lowest BCUT2D eigenvalue weighted by atomic mass is 9.99. The zero-order valence-electron chi connectivity index (χ0n) is 21.9. The van der Waals surface area contributed by atoms with Crippen LogP contribution in [0.15, 0.2) is 116 Å².